The predicted octanol–water partition coefficient (Wildman–Crippen LogP) is 2.69. The number of halogens is 1. The van der Waals surface area contributed by atoms with Crippen molar-refractivity contribution in [1.29, 1.82) is 5.26 Å². The second-order valence-electron chi connectivity index (χ2n) is 4.20. The minimum atomic E-state index is -0.233. The van der Waals surface area contributed by atoms with E-state index in [1.807, 2.05) is 19.9 Å². The Kier molecular flexibility index (Phi) is 4.99. The monoisotopic (exact) mass is 265 g/mol. The summed E-state index contributed by atoms with van der Waals surface area (Å²) in [4.78, 5) is 14.0. The number of hydrogen-bond acceptors (Lipinski definition) is 3. The second kappa shape index (κ2) is 6.27. The highest BCUT2D eigenvalue weighted by Gasteiger charge is 2.22. The molecule has 0 spiro atoms. The molecule has 0 saturated carbocycles. The number of carbonyl (C=O) groups excluding carboxylic acids is 1. The van der Waals surface area contributed by atoms with Crippen molar-refractivity contribution in [2.45, 2.75) is 26.3 Å². The van der Waals surface area contributed by atoms with E-state index in [-0.39, 0.29) is 18.4 Å². The van der Waals surface area contributed by atoms with Crippen LogP contribution in [0.2, 0.25) is 5.02 Å². The van der Waals surface area contributed by atoms with Gasteiger partial charge in [0, 0.05) is 18.3 Å². The van der Waals surface area contributed by atoms with E-state index < -0.39 is 0 Å². The van der Waals surface area contributed by atoms with E-state index in [0.717, 1.165) is 0 Å². The van der Waals surface area contributed by atoms with E-state index in [4.69, 9.17) is 22.6 Å². The highest BCUT2D eigenvalue weighted by Crippen LogP contribution is 2.24. The molecule has 96 valence electrons. The number of amides is 1. The molecule has 0 aliphatic rings. The summed E-state index contributed by atoms with van der Waals surface area (Å²) in [6, 6.07) is 6.99. The van der Waals surface area contributed by atoms with Crippen LogP contribution in [0.5, 0.6) is 0 Å². The number of nitrogens with zero attached hydrogens (tertiary/aromatic N) is 2. The van der Waals surface area contributed by atoms with Crippen LogP contribution in [0.4, 0.5) is 5.69 Å². The molecule has 1 aromatic rings. The van der Waals surface area contributed by atoms with Gasteiger partial charge in [0.25, 0.3) is 5.91 Å². The minimum absolute atomic E-state index is 0.0125. The molecule has 2 N–H and O–H groups in total. The maximum absolute atomic E-state index is 12.4. The van der Waals surface area contributed by atoms with Crippen molar-refractivity contribution in [2.75, 3.05) is 12.3 Å². The lowest BCUT2D eigenvalue weighted by Crippen LogP contribution is -2.38. The van der Waals surface area contributed by atoms with Gasteiger partial charge in [0.2, 0.25) is 0 Å². The van der Waals surface area contributed by atoms with Crippen molar-refractivity contribution in [3.63, 3.8) is 0 Å². The molecule has 18 heavy (non-hydrogen) atoms. The molecule has 1 amide bonds. The average molecular weight is 266 g/mol. The summed E-state index contributed by atoms with van der Waals surface area (Å²) in [6.45, 7) is 4.16. The van der Waals surface area contributed by atoms with Crippen molar-refractivity contribution in [3.05, 3.63) is 28.8 Å². The van der Waals surface area contributed by atoms with Crippen molar-refractivity contribution in [1.82, 2.24) is 4.90 Å². The molecule has 0 unspecified atom stereocenters. The number of rotatable bonds is 4. The van der Waals surface area contributed by atoms with Gasteiger partial charge in [0.1, 0.15) is 0 Å². The van der Waals surface area contributed by atoms with Crippen LogP contribution in [0, 0.1) is 11.3 Å². The SMILES string of the molecule is CC(C)N(CCC#N)C(=O)c1c(N)cccc1Cl. The fraction of sp³-hybridized carbons (Fsp3) is 0.385. The van der Waals surface area contributed by atoms with Crippen molar-refractivity contribution in [3.8, 4) is 6.07 Å². The third kappa shape index (κ3) is 3.14. The zero-order valence-corrected chi connectivity index (χ0v) is 11.2. The molecule has 1 aromatic carbocycles. The average Bonchev–Trinajstić information content (AvgIpc) is 2.28. The third-order valence-electron chi connectivity index (χ3n) is 2.61. The van der Waals surface area contributed by atoms with E-state index >= 15 is 0 Å². The number of carbonyl (C=O) groups is 1. The summed E-state index contributed by atoms with van der Waals surface area (Å²) in [5, 5.41) is 8.96. The zero-order chi connectivity index (χ0) is 13.7. The van der Waals surface area contributed by atoms with E-state index in [0.29, 0.717) is 22.8 Å². The number of nitriles is 1. The maximum atomic E-state index is 12.4. The number of benzene rings is 1. The standard InChI is InChI=1S/C13H16ClN3O/c1-9(2)17(8-4-7-15)13(18)12-10(14)5-3-6-11(12)16/h3,5-6,9H,4,8,16H2,1-2H3. The van der Waals surface area contributed by atoms with Gasteiger partial charge in [-0.05, 0) is 26.0 Å². The van der Waals surface area contributed by atoms with Gasteiger partial charge in [-0.3, -0.25) is 4.79 Å². The molecule has 0 bridgehead atoms. The van der Waals surface area contributed by atoms with Crippen LogP contribution in [0.25, 0.3) is 0 Å². The van der Waals surface area contributed by atoms with Crippen LogP contribution in [-0.4, -0.2) is 23.4 Å². The fourth-order valence-corrected chi connectivity index (χ4v) is 1.94. The van der Waals surface area contributed by atoms with Gasteiger partial charge in [-0.2, -0.15) is 5.26 Å². The van der Waals surface area contributed by atoms with Gasteiger partial charge in [-0.15, -0.1) is 0 Å². The molecule has 0 saturated heterocycles. The first-order chi connectivity index (χ1) is 8.49. The smallest absolute Gasteiger partial charge is 0.257 e. The highest BCUT2D eigenvalue weighted by molar-refractivity contribution is 6.34. The molecule has 0 aromatic heterocycles. The first kappa shape index (κ1) is 14.3. The lowest BCUT2D eigenvalue weighted by atomic mass is 10.1. The molecule has 4 nitrogen and oxygen atoms in total. The molecular weight excluding hydrogens is 250 g/mol. The molecule has 1 rings (SSSR count). The van der Waals surface area contributed by atoms with Crippen LogP contribution in [0.15, 0.2) is 18.2 Å². The predicted molar refractivity (Wildman–Crippen MR) is 72.3 cm³/mol. The number of nitrogens with two attached hydrogens (primary N) is 1. The van der Waals surface area contributed by atoms with Crippen LogP contribution in [0.1, 0.15) is 30.6 Å². The Bertz CT molecular complexity index is 459. The van der Waals surface area contributed by atoms with E-state index in [1.165, 1.54) is 0 Å². The van der Waals surface area contributed by atoms with E-state index in [1.54, 1.807) is 23.1 Å². The van der Waals surface area contributed by atoms with Crippen molar-refractivity contribution in [2.24, 2.45) is 0 Å². The summed E-state index contributed by atoms with van der Waals surface area (Å²) >= 11 is 6.01. The molecule has 0 aliphatic heterocycles. The van der Waals surface area contributed by atoms with Gasteiger partial charge in [0.05, 0.1) is 23.1 Å². The third-order valence-corrected chi connectivity index (χ3v) is 2.92. The molecule has 0 heterocycles. The van der Waals surface area contributed by atoms with Crippen LogP contribution >= 0.6 is 11.6 Å². The summed E-state index contributed by atoms with van der Waals surface area (Å²) < 4.78 is 0. The lowest BCUT2D eigenvalue weighted by Gasteiger charge is -2.26. The second-order valence-corrected chi connectivity index (χ2v) is 4.61. The van der Waals surface area contributed by atoms with Gasteiger partial charge in [-0.1, -0.05) is 17.7 Å². The van der Waals surface area contributed by atoms with E-state index in [2.05, 4.69) is 0 Å². The highest BCUT2D eigenvalue weighted by atomic mass is 35.5. The summed E-state index contributed by atoms with van der Waals surface area (Å²) in [5.74, 6) is -0.233. The Balaban J connectivity index is 3.07. The van der Waals surface area contributed by atoms with Crippen molar-refractivity contribution < 1.29 is 4.79 Å². The van der Waals surface area contributed by atoms with Crippen LogP contribution < -0.4 is 5.73 Å². The van der Waals surface area contributed by atoms with Crippen LogP contribution in [0.3, 0.4) is 0 Å². The van der Waals surface area contributed by atoms with Gasteiger partial charge >= 0.3 is 0 Å². The summed E-state index contributed by atoms with van der Waals surface area (Å²) in [7, 11) is 0. The van der Waals surface area contributed by atoms with Gasteiger partial charge < -0.3 is 10.6 Å². The molecule has 0 aliphatic carbocycles. The molecule has 0 radical (unpaired) electrons. The molecule has 0 atom stereocenters. The Morgan fingerprint density at radius 2 is 2.22 bits per heavy atom. The molecule has 0 fully saturated rings. The number of hydrogen-bond donors (Lipinski definition) is 1. The first-order valence-electron chi connectivity index (χ1n) is 5.71. The topological polar surface area (TPSA) is 70.1 Å². The van der Waals surface area contributed by atoms with Gasteiger partial charge in [-0.25, -0.2) is 0 Å². The molecular formula is C13H16ClN3O. The van der Waals surface area contributed by atoms with Crippen LogP contribution in [-0.2, 0) is 0 Å². The summed E-state index contributed by atoms with van der Waals surface area (Å²) in [5.41, 5.74) is 6.46. The molecule has 5 heteroatoms. The zero-order valence-electron chi connectivity index (χ0n) is 10.5. The lowest BCUT2D eigenvalue weighted by molar-refractivity contribution is 0.0711. The number of anilines is 1. The first-order valence-corrected chi connectivity index (χ1v) is 6.08. The fourth-order valence-electron chi connectivity index (χ4n) is 1.67. The summed E-state index contributed by atoms with van der Waals surface area (Å²) in [6.07, 6.45) is 0.286. The Morgan fingerprint density at radius 3 is 2.72 bits per heavy atom. The minimum Gasteiger partial charge on any atom is -0.398 e. The Hall–Kier alpha value is -1.73. The largest absolute Gasteiger partial charge is 0.398 e. The maximum Gasteiger partial charge on any atom is 0.257 e. The Morgan fingerprint density at radius 1 is 1.56 bits per heavy atom. The quantitative estimate of drug-likeness (QED) is 0.851. The number of nitrogen functional groups attached to an aromatic ring is 1. The normalized spacial score (nSPS) is 10.2. The Labute approximate surface area is 112 Å². The van der Waals surface area contributed by atoms with Gasteiger partial charge in [0.15, 0.2) is 0 Å². The van der Waals surface area contributed by atoms with Crippen molar-refractivity contribution >= 4 is 23.2 Å². The van der Waals surface area contributed by atoms with E-state index in [9.17, 15) is 4.79 Å².